The number of halogens is 1. The maximum absolute atomic E-state index is 12.8. The molecule has 3 heterocycles. The maximum atomic E-state index is 12.8. The Kier molecular flexibility index (Phi) is 5.93. The van der Waals surface area contributed by atoms with Crippen molar-refractivity contribution in [3.05, 3.63) is 58.6 Å². The van der Waals surface area contributed by atoms with E-state index in [0.717, 1.165) is 35.5 Å². The molecule has 0 radical (unpaired) electrons. The minimum absolute atomic E-state index is 0.0852. The number of hydrogen-bond acceptors (Lipinski definition) is 7. The Bertz CT molecular complexity index is 1170. The van der Waals surface area contributed by atoms with Gasteiger partial charge in [-0.25, -0.2) is 4.98 Å². The van der Waals surface area contributed by atoms with Gasteiger partial charge in [-0.2, -0.15) is 0 Å². The highest BCUT2D eigenvalue weighted by Gasteiger charge is 2.27. The first-order valence-electron chi connectivity index (χ1n) is 10.0. The molecule has 1 aliphatic heterocycles. The Morgan fingerprint density at radius 2 is 2.03 bits per heavy atom. The summed E-state index contributed by atoms with van der Waals surface area (Å²) < 4.78 is 6.89. The molecular formula is C22H19ClN4O2S2. The van der Waals surface area contributed by atoms with Crippen molar-refractivity contribution < 1.29 is 9.21 Å². The third kappa shape index (κ3) is 4.61. The number of hydrogen-bond donors (Lipinski definition) is 0. The highest BCUT2D eigenvalue weighted by atomic mass is 35.5. The van der Waals surface area contributed by atoms with Gasteiger partial charge in [0.05, 0.1) is 21.0 Å². The first-order chi connectivity index (χ1) is 15.2. The quantitative estimate of drug-likeness (QED) is 0.359. The van der Waals surface area contributed by atoms with Crippen LogP contribution in [0, 0.1) is 0 Å². The van der Waals surface area contributed by atoms with Crippen LogP contribution in [-0.2, 0) is 4.79 Å². The second kappa shape index (κ2) is 8.98. The molecule has 1 amide bonds. The molecule has 0 N–H and O–H groups in total. The van der Waals surface area contributed by atoms with Crippen LogP contribution in [-0.4, -0.2) is 44.8 Å². The molecule has 0 bridgehead atoms. The van der Waals surface area contributed by atoms with Crippen molar-refractivity contribution in [2.45, 2.75) is 24.0 Å². The number of amides is 1. The van der Waals surface area contributed by atoms with Crippen molar-refractivity contribution in [2.75, 3.05) is 18.8 Å². The van der Waals surface area contributed by atoms with Crippen LogP contribution in [0.2, 0.25) is 5.02 Å². The van der Waals surface area contributed by atoms with E-state index in [2.05, 4.69) is 16.3 Å². The van der Waals surface area contributed by atoms with E-state index >= 15 is 0 Å². The van der Waals surface area contributed by atoms with Crippen LogP contribution < -0.4 is 0 Å². The Morgan fingerprint density at radius 1 is 1.19 bits per heavy atom. The number of carbonyl (C=O) groups excluding carboxylic acids is 1. The van der Waals surface area contributed by atoms with E-state index in [4.69, 9.17) is 21.0 Å². The van der Waals surface area contributed by atoms with E-state index in [1.54, 1.807) is 23.5 Å². The molecule has 158 valence electrons. The fourth-order valence-corrected chi connectivity index (χ4v) is 5.55. The van der Waals surface area contributed by atoms with Crippen molar-refractivity contribution in [3.8, 4) is 11.5 Å². The molecule has 1 saturated heterocycles. The van der Waals surface area contributed by atoms with Crippen molar-refractivity contribution in [3.63, 3.8) is 0 Å². The van der Waals surface area contributed by atoms with Gasteiger partial charge in [0.2, 0.25) is 11.8 Å². The number of thioether (sulfide) groups is 1. The SMILES string of the molecule is O=C(CSc1nnc(-c2ccc(Cl)cc2)o1)N1CCC[C@H](c2nc3ccccc3s2)C1. The fraction of sp³-hybridized carbons (Fsp3) is 0.273. The second-order valence-corrected chi connectivity index (χ2v) is 9.79. The predicted molar refractivity (Wildman–Crippen MR) is 124 cm³/mol. The standard InChI is InChI=1S/C22H19ClN4O2S2/c23-16-9-7-14(8-10-16)20-25-26-22(29-20)30-13-19(28)27-11-3-4-15(12-27)21-24-17-5-1-2-6-18(17)31-21/h1-2,5-10,15H,3-4,11-13H2/t15-/m0/s1. The number of fused-ring (bicyclic) bond motifs is 1. The summed E-state index contributed by atoms with van der Waals surface area (Å²) in [5.74, 6) is 1.07. The lowest BCUT2D eigenvalue weighted by atomic mass is 9.99. The van der Waals surface area contributed by atoms with Gasteiger partial charge < -0.3 is 9.32 Å². The second-order valence-electron chi connectivity index (χ2n) is 7.37. The Morgan fingerprint density at radius 3 is 2.87 bits per heavy atom. The summed E-state index contributed by atoms with van der Waals surface area (Å²) in [6.45, 7) is 1.49. The molecule has 2 aromatic heterocycles. The minimum Gasteiger partial charge on any atom is -0.411 e. The van der Waals surface area contributed by atoms with Crippen molar-refractivity contribution >= 4 is 50.8 Å². The number of nitrogens with zero attached hydrogens (tertiary/aromatic N) is 4. The molecule has 5 rings (SSSR count). The monoisotopic (exact) mass is 470 g/mol. The van der Waals surface area contributed by atoms with E-state index in [1.165, 1.54) is 16.5 Å². The fourth-order valence-electron chi connectivity index (χ4n) is 3.66. The van der Waals surface area contributed by atoms with Gasteiger partial charge in [-0.1, -0.05) is 35.5 Å². The average Bonchev–Trinajstić information content (AvgIpc) is 3.45. The number of thiazole rings is 1. The Labute approximate surface area is 192 Å². The van der Waals surface area contributed by atoms with Gasteiger partial charge in [0.25, 0.3) is 5.22 Å². The molecule has 4 aromatic rings. The minimum atomic E-state index is 0.0852. The smallest absolute Gasteiger partial charge is 0.277 e. The van der Waals surface area contributed by atoms with Crippen LogP contribution >= 0.6 is 34.7 Å². The zero-order valence-electron chi connectivity index (χ0n) is 16.5. The number of piperidine rings is 1. The molecular weight excluding hydrogens is 452 g/mol. The van der Waals surface area contributed by atoms with Crippen LogP contribution in [0.4, 0.5) is 0 Å². The zero-order valence-corrected chi connectivity index (χ0v) is 18.9. The molecule has 6 nitrogen and oxygen atoms in total. The van der Waals surface area contributed by atoms with Crippen LogP contribution in [0.1, 0.15) is 23.8 Å². The number of likely N-dealkylation sites (tertiary alicyclic amines) is 1. The predicted octanol–water partition coefficient (Wildman–Crippen LogP) is 5.50. The van der Waals surface area contributed by atoms with Crippen molar-refractivity contribution in [1.82, 2.24) is 20.1 Å². The Hall–Kier alpha value is -2.42. The van der Waals surface area contributed by atoms with Crippen LogP contribution in [0.3, 0.4) is 0 Å². The van der Waals surface area contributed by atoms with Gasteiger partial charge in [-0.15, -0.1) is 21.5 Å². The largest absolute Gasteiger partial charge is 0.411 e. The van der Waals surface area contributed by atoms with E-state index in [0.29, 0.717) is 28.6 Å². The van der Waals surface area contributed by atoms with E-state index < -0.39 is 0 Å². The first-order valence-corrected chi connectivity index (χ1v) is 12.2. The number of carbonyl (C=O) groups is 1. The van der Waals surface area contributed by atoms with Crippen molar-refractivity contribution in [1.29, 1.82) is 0 Å². The highest BCUT2D eigenvalue weighted by Crippen LogP contribution is 2.33. The lowest BCUT2D eigenvalue weighted by Crippen LogP contribution is -2.40. The summed E-state index contributed by atoms with van der Waals surface area (Å²) in [5.41, 5.74) is 1.83. The maximum Gasteiger partial charge on any atom is 0.277 e. The van der Waals surface area contributed by atoms with Crippen LogP contribution in [0.25, 0.3) is 21.7 Å². The van der Waals surface area contributed by atoms with Gasteiger partial charge >= 0.3 is 0 Å². The summed E-state index contributed by atoms with van der Waals surface area (Å²) >= 11 is 8.92. The molecule has 1 fully saturated rings. The van der Waals surface area contributed by atoms with Gasteiger partial charge in [0.1, 0.15) is 0 Å². The summed E-state index contributed by atoms with van der Waals surface area (Å²) in [7, 11) is 0. The molecule has 1 atom stereocenters. The van der Waals surface area contributed by atoms with Crippen LogP contribution in [0.5, 0.6) is 0 Å². The third-order valence-electron chi connectivity index (χ3n) is 5.25. The molecule has 2 aromatic carbocycles. The average molecular weight is 471 g/mol. The normalized spacial score (nSPS) is 16.7. The molecule has 31 heavy (non-hydrogen) atoms. The van der Waals surface area contributed by atoms with E-state index in [1.807, 2.05) is 35.2 Å². The number of benzene rings is 2. The molecule has 0 aliphatic carbocycles. The van der Waals surface area contributed by atoms with E-state index in [9.17, 15) is 4.79 Å². The zero-order chi connectivity index (χ0) is 21.2. The number of rotatable bonds is 5. The lowest BCUT2D eigenvalue weighted by molar-refractivity contribution is -0.129. The van der Waals surface area contributed by atoms with Gasteiger partial charge in [0.15, 0.2) is 0 Å². The van der Waals surface area contributed by atoms with Gasteiger partial charge in [-0.05, 0) is 49.2 Å². The van der Waals surface area contributed by atoms with Crippen molar-refractivity contribution in [2.24, 2.45) is 0 Å². The lowest BCUT2D eigenvalue weighted by Gasteiger charge is -2.31. The summed E-state index contributed by atoms with van der Waals surface area (Å²) in [6.07, 6.45) is 2.04. The molecule has 0 unspecified atom stereocenters. The summed E-state index contributed by atoms with van der Waals surface area (Å²) in [5, 5.41) is 10.3. The molecule has 9 heteroatoms. The Balaban J connectivity index is 1.20. The molecule has 0 saturated carbocycles. The summed E-state index contributed by atoms with van der Waals surface area (Å²) in [6, 6.07) is 15.4. The first kappa shape index (κ1) is 20.5. The van der Waals surface area contributed by atoms with E-state index in [-0.39, 0.29) is 11.7 Å². The molecule has 1 aliphatic rings. The highest BCUT2D eigenvalue weighted by molar-refractivity contribution is 7.99. The van der Waals surface area contributed by atoms with Gasteiger partial charge in [0, 0.05) is 29.6 Å². The molecule has 0 spiro atoms. The van der Waals surface area contributed by atoms with Gasteiger partial charge in [-0.3, -0.25) is 4.79 Å². The number of para-hydroxylation sites is 1. The topological polar surface area (TPSA) is 72.1 Å². The number of aromatic nitrogens is 3. The summed E-state index contributed by atoms with van der Waals surface area (Å²) in [4.78, 5) is 19.5. The van der Waals surface area contributed by atoms with Crippen LogP contribution in [0.15, 0.2) is 58.2 Å². The third-order valence-corrected chi connectivity index (χ3v) is 7.50.